The molecule has 1 atom stereocenters. The van der Waals surface area contributed by atoms with Crippen molar-refractivity contribution in [3.8, 4) is 11.1 Å². The SMILES string of the molecule is CNC(=O)c1ccc(NCC(N)CS)cc1-c1ccccc1. The lowest BCUT2D eigenvalue weighted by Crippen LogP contribution is -2.30. The molecule has 0 saturated heterocycles. The number of rotatable bonds is 6. The van der Waals surface area contributed by atoms with Crippen molar-refractivity contribution >= 4 is 24.2 Å². The molecule has 0 aliphatic carbocycles. The molecule has 0 spiro atoms. The molecule has 0 aliphatic heterocycles. The number of benzene rings is 2. The number of nitrogens with one attached hydrogen (secondary N) is 2. The van der Waals surface area contributed by atoms with Crippen LogP contribution in [0.1, 0.15) is 10.4 Å². The quantitative estimate of drug-likeness (QED) is 0.619. The molecule has 22 heavy (non-hydrogen) atoms. The molecule has 0 radical (unpaired) electrons. The number of carbonyl (C=O) groups excluding carboxylic acids is 1. The smallest absolute Gasteiger partial charge is 0.251 e. The van der Waals surface area contributed by atoms with Crippen LogP contribution in [0.5, 0.6) is 0 Å². The summed E-state index contributed by atoms with van der Waals surface area (Å²) in [4.78, 5) is 12.1. The molecule has 0 saturated carbocycles. The lowest BCUT2D eigenvalue weighted by Gasteiger charge is -2.14. The van der Waals surface area contributed by atoms with E-state index in [4.69, 9.17) is 5.73 Å². The van der Waals surface area contributed by atoms with Crippen LogP contribution >= 0.6 is 12.6 Å². The van der Waals surface area contributed by atoms with Crippen LogP contribution in [-0.2, 0) is 0 Å². The fraction of sp³-hybridized carbons (Fsp3) is 0.235. The van der Waals surface area contributed by atoms with Crippen LogP contribution in [0.15, 0.2) is 48.5 Å². The topological polar surface area (TPSA) is 67.2 Å². The highest BCUT2D eigenvalue weighted by Gasteiger charge is 2.12. The minimum Gasteiger partial charge on any atom is -0.383 e. The van der Waals surface area contributed by atoms with Crippen molar-refractivity contribution in [1.29, 1.82) is 0 Å². The molecule has 116 valence electrons. The first-order chi connectivity index (χ1) is 10.7. The van der Waals surface area contributed by atoms with Crippen molar-refractivity contribution in [3.63, 3.8) is 0 Å². The minimum atomic E-state index is -0.0996. The second kappa shape index (κ2) is 7.87. The lowest BCUT2D eigenvalue weighted by atomic mass is 9.98. The minimum absolute atomic E-state index is 0.0119. The molecule has 2 rings (SSSR count). The Labute approximate surface area is 136 Å². The molecular weight excluding hydrogens is 294 g/mol. The molecule has 4 N–H and O–H groups in total. The zero-order valence-electron chi connectivity index (χ0n) is 12.5. The molecule has 1 unspecified atom stereocenters. The Bertz CT molecular complexity index is 631. The van der Waals surface area contributed by atoms with Gasteiger partial charge in [0.05, 0.1) is 0 Å². The third kappa shape index (κ3) is 4.02. The van der Waals surface area contributed by atoms with Gasteiger partial charge < -0.3 is 16.4 Å². The molecule has 0 aromatic heterocycles. The van der Waals surface area contributed by atoms with Crippen LogP contribution in [0.4, 0.5) is 5.69 Å². The molecule has 4 nitrogen and oxygen atoms in total. The maximum absolute atomic E-state index is 12.1. The summed E-state index contributed by atoms with van der Waals surface area (Å²) in [6.45, 7) is 0.636. The zero-order chi connectivity index (χ0) is 15.9. The van der Waals surface area contributed by atoms with E-state index in [2.05, 4.69) is 23.3 Å². The van der Waals surface area contributed by atoms with E-state index >= 15 is 0 Å². The van der Waals surface area contributed by atoms with E-state index in [0.717, 1.165) is 16.8 Å². The number of amides is 1. The van der Waals surface area contributed by atoms with Crippen LogP contribution < -0.4 is 16.4 Å². The summed E-state index contributed by atoms with van der Waals surface area (Å²) in [7, 11) is 1.63. The van der Waals surface area contributed by atoms with Crippen molar-refractivity contribution in [3.05, 3.63) is 54.1 Å². The van der Waals surface area contributed by atoms with Gasteiger partial charge in [0.1, 0.15) is 0 Å². The number of hydrogen-bond acceptors (Lipinski definition) is 4. The van der Waals surface area contributed by atoms with Gasteiger partial charge in [0, 0.05) is 36.6 Å². The summed E-state index contributed by atoms with van der Waals surface area (Å²) in [6.07, 6.45) is 0. The van der Waals surface area contributed by atoms with E-state index in [-0.39, 0.29) is 11.9 Å². The molecule has 0 aliphatic rings. The van der Waals surface area contributed by atoms with E-state index < -0.39 is 0 Å². The van der Waals surface area contributed by atoms with E-state index in [9.17, 15) is 4.79 Å². The Kier molecular flexibility index (Phi) is 5.86. The largest absolute Gasteiger partial charge is 0.383 e. The second-order valence-corrected chi connectivity index (χ2v) is 5.39. The summed E-state index contributed by atoms with van der Waals surface area (Å²) in [5.74, 6) is 0.520. The van der Waals surface area contributed by atoms with Gasteiger partial charge in [-0.05, 0) is 29.3 Å². The van der Waals surface area contributed by atoms with Gasteiger partial charge in [-0.1, -0.05) is 30.3 Å². The number of hydrogen-bond donors (Lipinski definition) is 4. The third-order valence-electron chi connectivity index (χ3n) is 3.38. The van der Waals surface area contributed by atoms with Crippen LogP contribution in [0.25, 0.3) is 11.1 Å². The van der Waals surface area contributed by atoms with E-state index in [1.807, 2.05) is 48.5 Å². The van der Waals surface area contributed by atoms with Crippen molar-refractivity contribution < 1.29 is 4.79 Å². The van der Waals surface area contributed by atoms with Gasteiger partial charge in [-0.25, -0.2) is 0 Å². The average Bonchev–Trinajstić information content (AvgIpc) is 2.59. The Morgan fingerprint density at radius 1 is 1.23 bits per heavy atom. The maximum Gasteiger partial charge on any atom is 0.251 e. The summed E-state index contributed by atoms with van der Waals surface area (Å²) in [5, 5.41) is 5.96. The van der Waals surface area contributed by atoms with Gasteiger partial charge in [-0.15, -0.1) is 0 Å². The lowest BCUT2D eigenvalue weighted by molar-refractivity contribution is 0.0964. The van der Waals surface area contributed by atoms with Crippen LogP contribution in [-0.4, -0.2) is 31.3 Å². The second-order valence-electron chi connectivity index (χ2n) is 5.03. The van der Waals surface area contributed by atoms with Crippen molar-refractivity contribution in [2.24, 2.45) is 5.73 Å². The molecule has 5 heteroatoms. The Hall–Kier alpha value is -1.98. The molecule has 0 fully saturated rings. The highest BCUT2D eigenvalue weighted by atomic mass is 32.1. The summed E-state index contributed by atoms with van der Waals surface area (Å²) in [6, 6.07) is 15.5. The molecule has 2 aromatic rings. The molecule has 0 bridgehead atoms. The van der Waals surface area contributed by atoms with E-state index in [0.29, 0.717) is 17.9 Å². The fourth-order valence-electron chi connectivity index (χ4n) is 2.16. The summed E-state index contributed by atoms with van der Waals surface area (Å²) in [5.41, 5.74) is 9.35. The fourth-order valence-corrected chi connectivity index (χ4v) is 2.29. The Balaban J connectivity index is 2.35. The van der Waals surface area contributed by atoms with Gasteiger partial charge in [-0.3, -0.25) is 4.79 Å². The van der Waals surface area contributed by atoms with Crippen LogP contribution in [0.2, 0.25) is 0 Å². The van der Waals surface area contributed by atoms with Gasteiger partial charge in [0.25, 0.3) is 5.91 Å². The maximum atomic E-state index is 12.1. The van der Waals surface area contributed by atoms with Gasteiger partial charge in [0.2, 0.25) is 0 Å². The van der Waals surface area contributed by atoms with Crippen molar-refractivity contribution in [1.82, 2.24) is 5.32 Å². The van der Waals surface area contributed by atoms with E-state index in [1.54, 1.807) is 7.05 Å². The number of thiol groups is 1. The standard InChI is InChI=1S/C17H21N3OS/c1-19-17(21)15-8-7-14(20-10-13(18)11-22)9-16(15)12-5-3-2-4-6-12/h2-9,13,20,22H,10-11,18H2,1H3,(H,19,21). The molecule has 2 aromatic carbocycles. The van der Waals surface area contributed by atoms with Crippen molar-refractivity contribution in [2.45, 2.75) is 6.04 Å². The number of nitrogens with two attached hydrogens (primary N) is 1. The van der Waals surface area contributed by atoms with E-state index in [1.165, 1.54) is 0 Å². The highest BCUT2D eigenvalue weighted by Crippen LogP contribution is 2.27. The first-order valence-corrected chi connectivity index (χ1v) is 7.80. The molecular formula is C17H21N3OS. The number of anilines is 1. The predicted octanol–water partition coefficient (Wildman–Crippen LogP) is 2.38. The summed E-state index contributed by atoms with van der Waals surface area (Å²) >= 11 is 4.18. The summed E-state index contributed by atoms with van der Waals surface area (Å²) < 4.78 is 0. The zero-order valence-corrected chi connectivity index (χ0v) is 13.4. The van der Waals surface area contributed by atoms with Gasteiger partial charge in [-0.2, -0.15) is 12.6 Å². The van der Waals surface area contributed by atoms with Crippen molar-refractivity contribution in [2.75, 3.05) is 24.7 Å². The Morgan fingerprint density at radius 2 is 1.95 bits per heavy atom. The van der Waals surface area contributed by atoms with Crippen LogP contribution in [0.3, 0.4) is 0 Å². The first-order valence-electron chi connectivity index (χ1n) is 7.17. The molecule has 1 amide bonds. The molecule has 0 heterocycles. The normalized spacial score (nSPS) is 11.8. The van der Waals surface area contributed by atoms with Crippen LogP contribution in [0, 0.1) is 0 Å². The first kappa shape index (κ1) is 16.4. The highest BCUT2D eigenvalue weighted by molar-refractivity contribution is 7.80. The van der Waals surface area contributed by atoms with Gasteiger partial charge in [0.15, 0.2) is 0 Å². The number of carbonyl (C=O) groups is 1. The predicted molar refractivity (Wildman–Crippen MR) is 95.6 cm³/mol. The Morgan fingerprint density at radius 3 is 2.59 bits per heavy atom. The monoisotopic (exact) mass is 315 g/mol. The third-order valence-corrected chi connectivity index (χ3v) is 3.85. The average molecular weight is 315 g/mol. The van der Waals surface area contributed by atoms with Gasteiger partial charge >= 0.3 is 0 Å².